The molecule has 0 atom stereocenters. The number of carbonyl (C=O) groups is 1. The molecule has 0 amide bonds. The molecule has 0 saturated heterocycles. The van der Waals surface area contributed by atoms with Gasteiger partial charge in [-0.15, -0.1) is 0 Å². The molecule has 6 heteroatoms. The van der Waals surface area contributed by atoms with Gasteiger partial charge in [0.2, 0.25) is 0 Å². The van der Waals surface area contributed by atoms with Crippen LogP contribution in [0.3, 0.4) is 0 Å². The molecular formula is C14H13ClN2O3. The van der Waals surface area contributed by atoms with Crippen LogP contribution in [0.1, 0.15) is 15.9 Å². The molecule has 0 aliphatic carbocycles. The lowest BCUT2D eigenvalue weighted by molar-refractivity contribution is 0.0696. The number of nitrogens with one attached hydrogen (secondary N) is 1. The average Bonchev–Trinajstić information content (AvgIpc) is 2.45. The summed E-state index contributed by atoms with van der Waals surface area (Å²) >= 11 is 5.95. The van der Waals surface area contributed by atoms with Gasteiger partial charge < -0.3 is 15.2 Å². The van der Waals surface area contributed by atoms with Crippen molar-refractivity contribution in [1.82, 2.24) is 4.98 Å². The van der Waals surface area contributed by atoms with Crippen molar-refractivity contribution in [1.29, 1.82) is 0 Å². The fraction of sp³-hybridized carbons (Fsp3) is 0.143. The van der Waals surface area contributed by atoms with Crippen LogP contribution in [0, 0.1) is 0 Å². The molecule has 0 fully saturated rings. The Kier molecular flexibility index (Phi) is 4.42. The predicted octanol–water partition coefficient (Wildman–Crippen LogP) is 3.05. The third-order valence-corrected chi connectivity index (χ3v) is 2.95. The van der Waals surface area contributed by atoms with Gasteiger partial charge in [0.1, 0.15) is 11.6 Å². The maximum atomic E-state index is 10.7. The Morgan fingerprint density at radius 2 is 2.20 bits per heavy atom. The summed E-state index contributed by atoms with van der Waals surface area (Å²) in [5.41, 5.74) is 1.04. The quantitative estimate of drug-likeness (QED) is 0.886. The Morgan fingerprint density at radius 1 is 1.40 bits per heavy atom. The zero-order valence-corrected chi connectivity index (χ0v) is 11.5. The van der Waals surface area contributed by atoms with E-state index < -0.39 is 5.97 Å². The maximum Gasteiger partial charge on any atom is 0.337 e. The van der Waals surface area contributed by atoms with E-state index in [2.05, 4.69) is 10.3 Å². The summed E-state index contributed by atoms with van der Waals surface area (Å²) < 4.78 is 5.24. The SMILES string of the molecule is COc1ccc(Cl)cc1CNc1ccc(C(=O)O)cn1. The van der Waals surface area contributed by atoms with Crippen LogP contribution < -0.4 is 10.1 Å². The maximum absolute atomic E-state index is 10.7. The minimum absolute atomic E-state index is 0.149. The van der Waals surface area contributed by atoms with Crippen molar-refractivity contribution in [3.8, 4) is 5.75 Å². The molecule has 0 aliphatic heterocycles. The van der Waals surface area contributed by atoms with Gasteiger partial charge in [-0.3, -0.25) is 0 Å². The molecule has 104 valence electrons. The molecule has 20 heavy (non-hydrogen) atoms. The highest BCUT2D eigenvalue weighted by atomic mass is 35.5. The number of carboxylic acids is 1. The summed E-state index contributed by atoms with van der Waals surface area (Å²) in [7, 11) is 1.59. The van der Waals surface area contributed by atoms with Gasteiger partial charge in [-0.1, -0.05) is 11.6 Å². The van der Waals surface area contributed by atoms with Crippen molar-refractivity contribution in [2.75, 3.05) is 12.4 Å². The van der Waals surface area contributed by atoms with Crippen LogP contribution in [0.2, 0.25) is 5.02 Å². The lowest BCUT2D eigenvalue weighted by Gasteiger charge is -2.10. The van der Waals surface area contributed by atoms with Crippen LogP contribution in [-0.2, 0) is 6.54 Å². The number of halogens is 1. The van der Waals surface area contributed by atoms with E-state index in [9.17, 15) is 4.79 Å². The summed E-state index contributed by atoms with van der Waals surface area (Å²) in [6.45, 7) is 0.475. The van der Waals surface area contributed by atoms with Crippen molar-refractivity contribution in [3.05, 3.63) is 52.7 Å². The zero-order valence-electron chi connectivity index (χ0n) is 10.8. The molecule has 2 N–H and O–H groups in total. The van der Waals surface area contributed by atoms with Crippen LogP contribution in [0.4, 0.5) is 5.82 Å². The average molecular weight is 293 g/mol. The van der Waals surface area contributed by atoms with E-state index in [-0.39, 0.29) is 5.56 Å². The van der Waals surface area contributed by atoms with Gasteiger partial charge in [0.25, 0.3) is 0 Å². The summed E-state index contributed by atoms with van der Waals surface area (Å²) in [6.07, 6.45) is 1.31. The molecule has 5 nitrogen and oxygen atoms in total. The van der Waals surface area contributed by atoms with Gasteiger partial charge in [-0.25, -0.2) is 9.78 Å². The number of methoxy groups -OCH3 is 1. The largest absolute Gasteiger partial charge is 0.496 e. The van der Waals surface area contributed by atoms with Crippen molar-refractivity contribution in [3.63, 3.8) is 0 Å². The van der Waals surface area contributed by atoms with Crippen molar-refractivity contribution in [2.24, 2.45) is 0 Å². The minimum Gasteiger partial charge on any atom is -0.496 e. The summed E-state index contributed by atoms with van der Waals surface area (Å²) in [5, 5.41) is 12.5. The van der Waals surface area contributed by atoms with Crippen LogP contribution >= 0.6 is 11.6 Å². The number of pyridine rings is 1. The second kappa shape index (κ2) is 6.25. The van der Waals surface area contributed by atoms with E-state index >= 15 is 0 Å². The molecule has 2 aromatic rings. The third-order valence-electron chi connectivity index (χ3n) is 2.71. The van der Waals surface area contributed by atoms with Gasteiger partial charge in [0.05, 0.1) is 12.7 Å². The first-order valence-corrected chi connectivity index (χ1v) is 6.23. The molecule has 0 unspecified atom stereocenters. The fourth-order valence-electron chi connectivity index (χ4n) is 1.70. The molecule has 0 bridgehead atoms. The highest BCUT2D eigenvalue weighted by Gasteiger charge is 2.06. The molecule has 1 heterocycles. The Balaban J connectivity index is 2.08. The monoisotopic (exact) mass is 292 g/mol. The highest BCUT2D eigenvalue weighted by molar-refractivity contribution is 6.30. The topological polar surface area (TPSA) is 71.5 Å². The number of aromatic carboxylic acids is 1. The fourth-order valence-corrected chi connectivity index (χ4v) is 1.89. The Hall–Kier alpha value is -2.27. The van der Waals surface area contributed by atoms with E-state index in [1.165, 1.54) is 12.3 Å². The molecule has 2 rings (SSSR count). The lowest BCUT2D eigenvalue weighted by Crippen LogP contribution is -2.04. The number of rotatable bonds is 5. The van der Waals surface area contributed by atoms with Crippen molar-refractivity contribution in [2.45, 2.75) is 6.54 Å². The van der Waals surface area contributed by atoms with E-state index in [1.807, 2.05) is 0 Å². The van der Waals surface area contributed by atoms with Gasteiger partial charge >= 0.3 is 5.97 Å². The Bertz CT molecular complexity index is 614. The first kappa shape index (κ1) is 14.1. The predicted molar refractivity (Wildman–Crippen MR) is 76.5 cm³/mol. The van der Waals surface area contributed by atoms with E-state index in [0.29, 0.717) is 17.4 Å². The lowest BCUT2D eigenvalue weighted by atomic mass is 10.2. The summed E-state index contributed by atoms with van der Waals surface area (Å²) in [6, 6.07) is 8.45. The van der Waals surface area contributed by atoms with Gasteiger partial charge in [-0.05, 0) is 30.3 Å². The zero-order chi connectivity index (χ0) is 14.5. The second-order valence-electron chi connectivity index (χ2n) is 4.05. The van der Waals surface area contributed by atoms with Crippen LogP contribution in [0.15, 0.2) is 36.5 Å². The van der Waals surface area contributed by atoms with Gasteiger partial charge in [-0.2, -0.15) is 0 Å². The smallest absolute Gasteiger partial charge is 0.337 e. The Morgan fingerprint density at radius 3 is 2.80 bits per heavy atom. The summed E-state index contributed by atoms with van der Waals surface area (Å²) in [5.74, 6) is 0.307. The molecule has 0 spiro atoms. The molecule has 0 saturated carbocycles. The third kappa shape index (κ3) is 3.39. The van der Waals surface area contributed by atoms with Crippen LogP contribution in [0.5, 0.6) is 5.75 Å². The molecule has 1 aromatic heterocycles. The number of nitrogens with zero attached hydrogens (tertiary/aromatic N) is 1. The van der Waals surface area contributed by atoms with Crippen molar-refractivity contribution >= 4 is 23.4 Å². The molecule has 0 radical (unpaired) electrons. The molecule has 1 aromatic carbocycles. The number of carboxylic acid groups (broad SMARTS) is 1. The number of ether oxygens (including phenoxy) is 1. The minimum atomic E-state index is -0.999. The molecular weight excluding hydrogens is 280 g/mol. The first-order valence-electron chi connectivity index (χ1n) is 5.86. The van der Waals surface area contributed by atoms with Gasteiger partial charge in [0, 0.05) is 23.3 Å². The van der Waals surface area contributed by atoms with Crippen LogP contribution in [0.25, 0.3) is 0 Å². The second-order valence-corrected chi connectivity index (χ2v) is 4.48. The standard InChI is InChI=1S/C14H13ClN2O3/c1-20-12-4-3-11(15)6-10(12)8-17-13-5-2-9(7-16-13)14(18)19/h2-7H,8H2,1H3,(H,16,17)(H,18,19). The van der Waals surface area contributed by atoms with E-state index in [4.69, 9.17) is 21.4 Å². The number of hydrogen-bond acceptors (Lipinski definition) is 4. The Labute approximate surface area is 121 Å². The number of benzene rings is 1. The first-order chi connectivity index (χ1) is 9.60. The normalized spacial score (nSPS) is 10.1. The highest BCUT2D eigenvalue weighted by Crippen LogP contribution is 2.23. The van der Waals surface area contributed by atoms with E-state index in [1.54, 1.807) is 31.4 Å². The molecule has 0 aliphatic rings. The number of hydrogen-bond donors (Lipinski definition) is 2. The van der Waals surface area contributed by atoms with E-state index in [0.717, 1.165) is 11.3 Å². The summed E-state index contributed by atoms with van der Waals surface area (Å²) in [4.78, 5) is 14.7. The van der Waals surface area contributed by atoms with Crippen LogP contribution in [-0.4, -0.2) is 23.2 Å². The number of aromatic nitrogens is 1. The van der Waals surface area contributed by atoms with Crippen molar-refractivity contribution < 1.29 is 14.6 Å². The van der Waals surface area contributed by atoms with Gasteiger partial charge in [0.15, 0.2) is 0 Å². The number of anilines is 1.